The van der Waals surface area contributed by atoms with E-state index in [0.29, 0.717) is 0 Å². The Kier molecular flexibility index (Phi) is 4.40. The van der Waals surface area contributed by atoms with Crippen LogP contribution >= 0.6 is 0 Å². The van der Waals surface area contributed by atoms with Crippen molar-refractivity contribution in [3.05, 3.63) is 42.0 Å². The van der Waals surface area contributed by atoms with Crippen molar-refractivity contribution in [2.75, 3.05) is 5.32 Å². The lowest BCUT2D eigenvalue weighted by atomic mass is 9.92. The molecule has 1 fully saturated rings. The number of allylic oxidation sites excluding steroid dienone is 1. The Labute approximate surface area is 108 Å². The highest BCUT2D eigenvalue weighted by Gasteiger charge is 2.21. The van der Waals surface area contributed by atoms with Gasteiger partial charge in [-0.05, 0) is 50.3 Å². The lowest BCUT2D eigenvalue weighted by Crippen LogP contribution is -2.26. The van der Waals surface area contributed by atoms with Crippen molar-refractivity contribution in [3.63, 3.8) is 0 Å². The fourth-order valence-corrected chi connectivity index (χ4v) is 2.27. The Morgan fingerprint density at radius 2 is 2.11 bits per heavy atom. The molecule has 18 heavy (non-hydrogen) atoms. The van der Waals surface area contributed by atoms with Gasteiger partial charge in [-0.25, -0.2) is 4.79 Å². The molecule has 2 rings (SSSR count). The Morgan fingerprint density at radius 1 is 1.33 bits per heavy atom. The van der Waals surface area contributed by atoms with Crippen LogP contribution in [0.2, 0.25) is 0 Å². The van der Waals surface area contributed by atoms with Crippen molar-refractivity contribution >= 4 is 11.8 Å². The Morgan fingerprint density at radius 3 is 2.83 bits per heavy atom. The number of benzene rings is 1. The molecule has 0 bridgehead atoms. The first-order valence-corrected chi connectivity index (χ1v) is 6.47. The monoisotopic (exact) mass is 245 g/mol. The van der Waals surface area contributed by atoms with E-state index < -0.39 is 0 Å². The molecule has 1 aromatic carbocycles. The lowest BCUT2D eigenvalue weighted by Gasteiger charge is -2.25. The fraction of sp³-hybridized carbons (Fsp3) is 0.400. The molecule has 0 spiro atoms. The van der Waals surface area contributed by atoms with E-state index in [0.717, 1.165) is 24.9 Å². The van der Waals surface area contributed by atoms with E-state index in [1.54, 1.807) is 0 Å². The maximum atomic E-state index is 11.8. The number of amides is 1. The molecule has 1 aliphatic carbocycles. The van der Waals surface area contributed by atoms with Crippen LogP contribution in [0.5, 0.6) is 0 Å². The van der Waals surface area contributed by atoms with Crippen LogP contribution in [-0.2, 0) is 4.74 Å². The normalized spacial score (nSPS) is 21.6. The standard InChI is InChI=1S/C15H19NO2/c1-2-12-8-6-7-11-14(12)18-15(17)16-13-9-4-3-5-10-13/h2-5,9-10,14H,6-8,11H2,1H3,(H,16,17)/b12-2+. The number of hydrogen-bond donors (Lipinski definition) is 1. The second kappa shape index (κ2) is 6.24. The molecule has 1 aliphatic rings. The summed E-state index contributed by atoms with van der Waals surface area (Å²) in [5, 5.41) is 2.75. The number of nitrogens with one attached hydrogen (secondary N) is 1. The smallest absolute Gasteiger partial charge is 0.412 e. The van der Waals surface area contributed by atoms with E-state index in [2.05, 4.69) is 11.4 Å². The Hall–Kier alpha value is -1.77. The van der Waals surface area contributed by atoms with E-state index in [1.807, 2.05) is 37.3 Å². The van der Waals surface area contributed by atoms with Crippen LogP contribution in [0.15, 0.2) is 42.0 Å². The van der Waals surface area contributed by atoms with Gasteiger partial charge in [-0.2, -0.15) is 0 Å². The van der Waals surface area contributed by atoms with Crippen molar-refractivity contribution < 1.29 is 9.53 Å². The molecule has 0 aliphatic heterocycles. The third-order valence-electron chi connectivity index (χ3n) is 3.24. The topological polar surface area (TPSA) is 38.3 Å². The minimum atomic E-state index is -0.368. The first-order chi connectivity index (χ1) is 8.79. The van der Waals surface area contributed by atoms with Gasteiger partial charge in [-0.3, -0.25) is 5.32 Å². The summed E-state index contributed by atoms with van der Waals surface area (Å²) in [7, 11) is 0. The average molecular weight is 245 g/mol. The summed E-state index contributed by atoms with van der Waals surface area (Å²) in [6, 6.07) is 9.37. The number of anilines is 1. The summed E-state index contributed by atoms with van der Waals surface area (Å²) in [4.78, 5) is 11.8. The quantitative estimate of drug-likeness (QED) is 0.796. The maximum Gasteiger partial charge on any atom is 0.412 e. The van der Waals surface area contributed by atoms with Crippen LogP contribution in [0.25, 0.3) is 0 Å². The molecule has 3 heteroatoms. The van der Waals surface area contributed by atoms with Crippen molar-refractivity contribution in [2.24, 2.45) is 0 Å². The van der Waals surface area contributed by atoms with Crippen LogP contribution in [-0.4, -0.2) is 12.2 Å². The number of para-hydroxylation sites is 1. The summed E-state index contributed by atoms with van der Waals surface area (Å²) < 4.78 is 5.48. The Bertz CT molecular complexity index is 425. The minimum absolute atomic E-state index is 0.0486. The fourth-order valence-electron chi connectivity index (χ4n) is 2.27. The molecule has 0 aromatic heterocycles. The first kappa shape index (κ1) is 12.7. The molecule has 0 saturated heterocycles. The molecule has 1 atom stereocenters. The summed E-state index contributed by atoms with van der Waals surface area (Å²) in [6.45, 7) is 2.01. The van der Waals surface area contributed by atoms with Crippen molar-refractivity contribution in [1.29, 1.82) is 0 Å². The lowest BCUT2D eigenvalue weighted by molar-refractivity contribution is 0.114. The van der Waals surface area contributed by atoms with Gasteiger partial charge in [0.2, 0.25) is 0 Å². The van der Waals surface area contributed by atoms with Gasteiger partial charge in [0.1, 0.15) is 6.10 Å². The SMILES string of the molecule is C/C=C1\CCCCC1OC(=O)Nc1ccccc1. The maximum absolute atomic E-state index is 11.8. The molecular formula is C15H19NO2. The van der Waals surface area contributed by atoms with E-state index in [9.17, 15) is 4.79 Å². The van der Waals surface area contributed by atoms with Crippen LogP contribution < -0.4 is 5.32 Å². The largest absolute Gasteiger partial charge is 0.441 e. The second-order valence-corrected chi connectivity index (χ2v) is 4.49. The molecule has 1 unspecified atom stereocenters. The summed E-state index contributed by atoms with van der Waals surface area (Å²) in [6.07, 6.45) is 5.95. The van der Waals surface area contributed by atoms with Gasteiger partial charge < -0.3 is 4.74 Å². The first-order valence-electron chi connectivity index (χ1n) is 6.47. The minimum Gasteiger partial charge on any atom is -0.441 e. The van der Waals surface area contributed by atoms with Crippen LogP contribution in [0.4, 0.5) is 10.5 Å². The van der Waals surface area contributed by atoms with Crippen LogP contribution in [0.1, 0.15) is 32.6 Å². The van der Waals surface area contributed by atoms with Gasteiger partial charge >= 0.3 is 6.09 Å². The molecule has 1 amide bonds. The molecule has 0 radical (unpaired) electrons. The number of rotatable bonds is 2. The van der Waals surface area contributed by atoms with E-state index in [-0.39, 0.29) is 12.2 Å². The van der Waals surface area contributed by atoms with Gasteiger partial charge in [-0.15, -0.1) is 0 Å². The molecule has 96 valence electrons. The van der Waals surface area contributed by atoms with Crippen molar-refractivity contribution in [1.82, 2.24) is 0 Å². The average Bonchev–Trinajstić information content (AvgIpc) is 2.40. The van der Waals surface area contributed by atoms with Gasteiger partial charge in [0.15, 0.2) is 0 Å². The zero-order valence-electron chi connectivity index (χ0n) is 10.7. The molecule has 3 nitrogen and oxygen atoms in total. The van der Waals surface area contributed by atoms with Gasteiger partial charge in [-0.1, -0.05) is 24.3 Å². The zero-order valence-corrected chi connectivity index (χ0v) is 10.7. The predicted octanol–water partition coefficient (Wildman–Crippen LogP) is 4.12. The third kappa shape index (κ3) is 3.36. The van der Waals surface area contributed by atoms with Gasteiger partial charge in [0.05, 0.1) is 0 Å². The predicted molar refractivity (Wildman–Crippen MR) is 72.6 cm³/mol. The molecule has 1 N–H and O–H groups in total. The summed E-state index contributed by atoms with van der Waals surface area (Å²) >= 11 is 0. The van der Waals surface area contributed by atoms with Crippen molar-refractivity contribution in [3.8, 4) is 0 Å². The van der Waals surface area contributed by atoms with Crippen molar-refractivity contribution in [2.45, 2.75) is 38.7 Å². The third-order valence-corrected chi connectivity index (χ3v) is 3.24. The Balaban J connectivity index is 1.91. The van der Waals surface area contributed by atoms with E-state index in [4.69, 9.17) is 4.74 Å². The molecule has 0 heterocycles. The molecule has 1 aromatic rings. The highest BCUT2D eigenvalue weighted by atomic mass is 16.6. The number of hydrogen-bond acceptors (Lipinski definition) is 2. The molecular weight excluding hydrogens is 226 g/mol. The van der Waals surface area contributed by atoms with Gasteiger partial charge in [0, 0.05) is 5.69 Å². The highest BCUT2D eigenvalue weighted by Crippen LogP contribution is 2.26. The second-order valence-electron chi connectivity index (χ2n) is 4.49. The number of carbonyl (C=O) groups excluding carboxylic acids is 1. The van der Waals surface area contributed by atoms with Crippen LogP contribution in [0, 0.1) is 0 Å². The number of ether oxygens (including phenoxy) is 1. The van der Waals surface area contributed by atoms with Gasteiger partial charge in [0.25, 0.3) is 0 Å². The zero-order chi connectivity index (χ0) is 12.8. The highest BCUT2D eigenvalue weighted by molar-refractivity contribution is 5.84. The van der Waals surface area contributed by atoms with E-state index in [1.165, 1.54) is 12.0 Å². The number of carbonyl (C=O) groups is 1. The van der Waals surface area contributed by atoms with E-state index >= 15 is 0 Å². The van der Waals surface area contributed by atoms with Crippen LogP contribution in [0.3, 0.4) is 0 Å². The molecule has 1 saturated carbocycles. The summed E-state index contributed by atoms with van der Waals surface area (Å²) in [5.74, 6) is 0. The summed E-state index contributed by atoms with van der Waals surface area (Å²) in [5.41, 5.74) is 2.00.